The summed E-state index contributed by atoms with van der Waals surface area (Å²) in [5.74, 6) is -1.20. The second kappa shape index (κ2) is 5.13. The molecule has 5 nitrogen and oxygen atoms in total. The maximum atomic E-state index is 11.9. The van der Waals surface area contributed by atoms with E-state index in [1.165, 1.54) is 7.05 Å². The Hall–Kier alpha value is 0.0400. The van der Waals surface area contributed by atoms with Crippen LogP contribution in [0.5, 0.6) is 0 Å². The number of aliphatic carboxylic acids is 1. The number of halogens is 2. The van der Waals surface area contributed by atoms with Crippen LogP contribution in [-0.2, 0) is 14.8 Å². The van der Waals surface area contributed by atoms with E-state index in [9.17, 15) is 13.2 Å². The second-order valence-corrected chi connectivity index (χ2v) is 7.61. The first-order valence-electron chi connectivity index (χ1n) is 3.87. The van der Waals surface area contributed by atoms with Crippen LogP contribution in [0.3, 0.4) is 0 Å². The lowest BCUT2D eigenvalue weighted by Crippen LogP contribution is -2.31. The van der Waals surface area contributed by atoms with Crippen molar-refractivity contribution in [2.75, 3.05) is 13.6 Å². The number of carboxylic acids is 1. The van der Waals surface area contributed by atoms with Crippen LogP contribution >= 0.6 is 43.2 Å². The summed E-state index contributed by atoms with van der Waals surface area (Å²) < 4.78 is 25.8. The number of likely N-dealkylation sites (N-methyl/N-ethyl adjacent to an activating group) is 1. The van der Waals surface area contributed by atoms with Crippen molar-refractivity contribution in [1.82, 2.24) is 4.31 Å². The summed E-state index contributed by atoms with van der Waals surface area (Å²) in [5.41, 5.74) is 0. The van der Waals surface area contributed by atoms with Gasteiger partial charge in [-0.3, -0.25) is 4.79 Å². The molecule has 16 heavy (non-hydrogen) atoms. The SMILES string of the molecule is CN(CC(=O)O)S(=O)(=O)c1scc(Br)c1Br. The summed E-state index contributed by atoms with van der Waals surface area (Å²) in [7, 11) is -2.52. The van der Waals surface area contributed by atoms with Crippen molar-refractivity contribution < 1.29 is 18.3 Å². The normalized spacial score (nSPS) is 12.0. The Morgan fingerprint density at radius 1 is 1.56 bits per heavy atom. The first-order chi connectivity index (χ1) is 7.26. The Balaban J connectivity index is 3.12. The third kappa shape index (κ3) is 2.83. The molecular formula is C7H7Br2NO4S2. The highest BCUT2D eigenvalue weighted by Gasteiger charge is 2.27. The van der Waals surface area contributed by atoms with Crippen LogP contribution in [0.25, 0.3) is 0 Å². The minimum atomic E-state index is -3.75. The van der Waals surface area contributed by atoms with Crippen LogP contribution < -0.4 is 0 Å². The van der Waals surface area contributed by atoms with Crippen molar-refractivity contribution in [2.24, 2.45) is 0 Å². The van der Waals surface area contributed by atoms with Gasteiger partial charge in [0.05, 0.1) is 4.47 Å². The first kappa shape index (κ1) is 14.1. The molecule has 1 aromatic rings. The number of hydrogen-bond donors (Lipinski definition) is 1. The van der Waals surface area contributed by atoms with Crippen LogP contribution in [0.4, 0.5) is 0 Å². The zero-order valence-corrected chi connectivity index (χ0v) is 12.8. The molecule has 90 valence electrons. The van der Waals surface area contributed by atoms with Crippen LogP contribution in [-0.4, -0.2) is 37.4 Å². The van der Waals surface area contributed by atoms with Gasteiger partial charge in [0.15, 0.2) is 4.21 Å². The lowest BCUT2D eigenvalue weighted by molar-refractivity contribution is -0.137. The lowest BCUT2D eigenvalue weighted by atomic mass is 10.7. The van der Waals surface area contributed by atoms with E-state index in [1.54, 1.807) is 5.38 Å². The van der Waals surface area contributed by atoms with E-state index >= 15 is 0 Å². The molecule has 0 saturated carbocycles. The molecule has 0 aromatic carbocycles. The van der Waals surface area contributed by atoms with Crippen molar-refractivity contribution in [3.05, 3.63) is 14.3 Å². The fraction of sp³-hybridized carbons (Fsp3) is 0.286. The molecule has 1 N–H and O–H groups in total. The summed E-state index contributed by atoms with van der Waals surface area (Å²) in [5, 5.41) is 10.2. The molecule has 0 spiro atoms. The van der Waals surface area contributed by atoms with Crippen molar-refractivity contribution in [2.45, 2.75) is 4.21 Å². The van der Waals surface area contributed by atoms with E-state index in [1.807, 2.05) is 0 Å². The average molecular weight is 393 g/mol. The van der Waals surface area contributed by atoms with Gasteiger partial charge in [0.1, 0.15) is 6.54 Å². The molecule has 0 atom stereocenters. The van der Waals surface area contributed by atoms with Crippen molar-refractivity contribution in [1.29, 1.82) is 0 Å². The zero-order chi connectivity index (χ0) is 12.5. The molecule has 9 heteroatoms. The van der Waals surface area contributed by atoms with Gasteiger partial charge < -0.3 is 5.11 Å². The minimum Gasteiger partial charge on any atom is -0.480 e. The number of carbonyl (C=O) groups is 1. The van der Waals surface area contributed by atoms with Crippen LogP contribution in [0.1, 0.15) is 0 Å². The molecule has 1 rings (SSSR count). The van der Waals surface area contributed by atoms with Crippen LogP contribution in [0.2, 0.25) is 0 Å². The molecule has 0 saturated heterocycles. The second-order valence-electron chi connectivity index (χ2n) is 2.84. The van der Waals surface area contributed by atoms with Gasteiger partial charge in [-0.2, -0.15) is 4.31 Å². The highest BCUT2D eigenvalue weighted by molar-refractivity contribution is 9.13. The fourth-order valence-electron chi connectivity index (χ4n) is 0.897. The first-order valence-corrected chi connectivity index (χ1v) is 7.78. The number of thiophene rings is 1. The van der Waals surface area contributed by atoms with Gasteiger partial charge in [0.2, 0.25) is 0 Å². The molecule has 1 heterocycles. The molecule has 0 radical (unpaired) electrons. The van der Waals surface area contributed by atoms with Gasteiger partial charge in [-0.05, 0) is 31.9 Å². The van der Waals surface area contributed by atoms with E-state index in [4.69, 9.17) is 5.11 Å². The summed E-state index contributed by atoms with van der Waals surface area (Å²) in [6, 6.07) is 0. The van der Waals surface area contributed by atoms with E-state index in [-0.39, 0.29) is 4.21 Å². The number of carboxylic acid groups (broad SMARTS) is 1. The number of sulfonamides is 1. The molecule has 0 aliphatic rings. The summed E-state index contributed by atoms with van der Waals surface area (Å²) in [6.45, 7) is -0.565. The van der Waals surface area contributed by atoms with Crippen molar-refractivity contribution in [3.8, 4) is 0 Å². The van der Waals surface area contributed by atoms with Crippen LogP contribution in [0.15, 0.2) is 18.5 Å². The summed E-state index contributed by atoms with van der Waals surface area (Å²) >= 11 is 7.33. The standard InChI is InChI=1S/C7H7Br2NO4S2/c1-10(2-5(11)12)16(13,14)7-6(9)4(8)3-15-7/h3H,2H2,1H3,(H,11,12). The summed E-state index contributed by atoms with van der Waals surface area (Å²) in [4.78, 5) is 10.5. The predicted octanol–water partition coefficient (Wildman–Crippen LogP) is 1.98. The highest BCUT2D eigenvalue weighted by Crippen LogP contribution is 2.36. The van der Waals surface area contributed by atoms with E-state index in [2.05, 4.69) is 31.9 Å². The molecule has 0 fully saturated rings. The molecular weight excluding hydrogens is 386 g/mol. The maximum absolute atomic E-state index is 11.9. The Morgan fingerprint density at radius 3 is 2.50 bits per heavy atom. The van der Waals surface area contributed by atoms with Crippen molar-refractivity contribution >= 4 is 59.2 Å². The number of nitrogens with zero attached hydrogens (tertiary/aromatic N) is 1. The van der Waals surface area contributed by atoms with Crippen molar-refractivity contribution in [3.63, 3.8) is 0 Å². The van der Waals surface area contributed by atoms with E-state index < -0.39 is 22.5 Å². The largest absolute Gasteiger partial charge is 0.480 e. The zero-order valence-electron chi connectivity index (χ0n) is 7.98. The Bertz CT molecular complexity index is 510. The Morgan fingerprint density at radius 2 is 2.12 bits per heavy atom. The molecule has 1 aromatic heterocycles. The Kier molecular flexibility index (Phi) is 4.52. The number of rotatable bonds is 4. The smallest absolute Gasteiger partial charge is 0.318 e. The topological polar surface area (TPSA) is 74.7 Å². The van der Waals surface area contributed by atoms with E-state index in [0.29, 0.717) is 8.95 Å². The monoisotopic (exact) mass is 391 g/mol. The predicted molar refractivity (Wildman–Crippen MR) is 67.2 cm³/mol. The minimum absolute atomic E-state index is 0.0862. The Labute approximate surface area is 113 Å². The van der Waals surface area contributed by atoms with Gasteiger partial charge in [-0.25, -0.2) is 8.42 Å². The maximum Gasteiger partial charge on any atom is 0.318 e. The molecule has 0 unspecified atom stereocenters. The van der Waals surface area contributed by atoms with Gasteiger partial charge in [0.25, 0.3) is 10.0 Å². The fourth-order valence-corrected chi connectivity index (χ4v) is 5.25. The lowest BCUT2D eigenvalue weighted by Gasteiger charge is -2.13. The molecule has 0 aliphatic carbocycles. The van der Waals surface area contributed by atoms with Crippen LogP contribution in [0, 0.1) is 0 Å². The average Bonchev–Trinajstić information content (AvgIpc) is 2.46. The van der Waals surface area contributed by atoms with E-state index in [0.717, 1.165) is 15.6 Å². The number of hydrogen-bond acceptors (Lipinski definition) is 4. The third-order valence-electron chi connectivity index (χ3n) is 1.66. The molecule has 0 bridgehead atoms. The van der Waals surface area contributed by atoms with Gasteiger partial charge in [-0.1, -0.05) is 0 Å². The molecule has 0 amide bonds. The van der Waals surface area contributed by atoms with Gasteiger partial charge >= 0.3 is 5.97 Å². The quantitative estimate of drug-likeness (QED) is 0.849. The van der Waals surface area contributed by atoms with Gasteiger partial charge in [0, 0.05) is 16.9 Å². The molecule has 0 aliphatic heterocycles. The summed E-state index contributed by atoms with van der Waals surface area (Å²) in [6.07, 6.45) is 0. The third-order valence-corrected chi connectivity index (χ3v) is 7.78. The van der Waals surface area contributed by atoms with Gasteiger partial charge in [-0.15, -0.1) is 11.3 Å². The highest BCUT2D eigenvalue weighted by atomic mass is 79.9.